The van der Waals surface area contributed by atoms with Gasteiger partial charge in [0, 0.05) is 34.1 Å². The van der Waals surface area contributed by atoms with Crippen LogP contribution >= 0.6 is 0 Å². The van der Waals surface area contributed by atoms with Gasteiger partial charge in [0.05, 0.1) is 23.5 Å². The van der Waals surface area contributed by atoms with Crippen LogP contribution in [0.5, 0.6) is 0 Å². The zero-order chi connectivity index (χ0) is 21.4. The van der Waals surface area contributed by atoms with Gasteiger partial charge in [0.2, 0.25) is 0 Å². The number of alkyl halides is 3. The van der Waals surface area contributed by atoms with E-state index in [2.05, 4.69) is 20.2 Å². The number of morpholine rings is 1. The van der Waals surface area contributed by atoms with E-state index in [9.17, 15) is 13.2 Å². The second-order valence-electron chi connectivity index (χ2n) is 7.44. The smallest absolute Gasteiger partial charge is 0.370 e. The molecule has 0 aromatic carbocycles. The van der Waals surface area contributed by atoms with Crippen molar-refractivity contribution in [2.24, 2.45) is 5.73 Å². The fourth-order valence-corrected chi connectivity index (χ4v) is 3.95. The molecule has 4 rings (SSSR count). The Kier molecular flexibility index (Phi) is 5.37. The number of pyridine rings is 2. The van der Waals surface area contributed by atoms with Crippen LogP contribution < -0.4 is 10.6 Å². The molecule has 3 N–H and O–H groups in total. The molecule has 1 fully saturated rings. The van der Waals surface area contributed by atoms with E-state index in [0.717, 1.165) is 18.9 Å². The molecule has 1 atom stereocenters. The van der Waals surface area contributed by atoms with Crippen LogP contribution in [0.1, 0.15) is 28.2 Å². The van der Waals surface area contributed by atoms with Crippen LogP contribution in [0.3, 0.4) is 0 Å². The van der Waals surface area contributed by atoms with E-state index in [1.54, 1.807) is 12.1 Å². The summed E-state index contributed by atoms with van der Waals surface area (Å²) in [6, 6.07) is 5.80. The lowest BCUT2D eigenvalue weighted by atomic mass is 9.95. The molecule has 3 aromatic heterocycles. The largest absolute Gasteiger partial charge is 0.418 e. The second kappa shape index (κ2) is 7.84. The fraction of sp³-hybridized carbons (Fsp3) is 0.450. The van der Waals surface area contributed by atoms with Crippen LogP contribution in [0.15, 0.2) is 30.5 Å². The Bertz CT molecular complexity index is 1040. The van der Waals surface area contributed by atoms with Crippen molar-refractivity contribution in [1.82, 2.24) is 20.2 Å². The van der Waals surface area contributed by atoms with Crippen molar-refractivity contribution in [3.8, 4) is 11.4 Å². The number of aromatic nitrogens is 4. The molecule has 10 heteroatoms. The van der Waals surface area contributed by atoms with Crippen molar-refractivity contribution < 1.29 is 20.8 Å². The molecule has 1 unspecified atom stereocenters. The highest BCUT2D eigenvalue weighted by Crippen LogP contribution is 2.39. The van der Waals surface area contributed by atoms with E-state index >= 15 is 0 Å². The van der Waals surface area contributed by atoms with Crippen molar-refractivity contribution >= 4 is 16.9 Å². The minimum atomic E-state index is -4.56. The van der Waals surface area contributed by atoms with Gasteiger partial charge in [0.15, 0.2) is 5.65 Å². The van der Waals surface area contributed by atoms with Gasteiger partial charge in [0.25, 0.3) is 0 Å². The van der Waals surface area contributed by atoms with E-state index in [4.69, 9.17) is 10.5 Å². The number of H-pyrrole nitrogens is 1. The molecule has 4 heterocycles. The number of anilines is 1. The fourth-order valence-electron chi connectivity index (χ4n) is 3.95. The van der Waals surface area contributed by atoms with Gasteiger partial charge < -0.3 is 15.4 Å². The molecule has 3 aromatic rings. The number of halogens is 3. The minimum Gasteiger partial charge on any atom is -0.370 e. The minimum absolute atomic E-state index is 0. The molecule has 164 valence electrons. The summed E-state index contributed by atoms with van der Waals surface area (Å²) in [5.74, 6) is 0.446. The third-order valence-electron chi connectivity index (χ3n) is 5.40. The van der Waals surface area contributed by atoms with Gasteiger partial charge in [-0.2, -0.15) is 18.3 Å². The van der Waals surface area contributed by atoms with E-state index in [0.29, 0.717) is 43.1 Å². The summed E-state index contributed by atoms with van der Waals surface area (Å²) >= 11 is 0. The standard InChI is InChI=1S/C20H23F3N6O.2H2/c1-2-7-19(11-24)12-29(9-10-30-19)15-6-5-14(20(21,22)23)17(26-15)16-13-4-3-8-25-18(13)28-27-16;;/h3-6,8H,2,7,9-12,24H2,1H3,(H,25,27,28);2*1H. The zero-order valence-corrected chi connectivity index (χ0v) is 16.5. The molecule has 1 saturated heterocycles. The maximum atomic E-state index is 13.8. The van der Waals surface area contributed by atoms with Gasteiger partial charge in [0.1, 0.15) is 11.5 Å². The first kappa shape index (κ1) is 20.5. The number of fused-ring (bicyclic) bond motifs is 1. The lowest BCUT2D eigenvalue weighted by Gasteiger charge is -2.42. The maximum Gasteiger partial charge on any atom is 0.418 e. The molecule has 1 aliphatic heterocycles. The van der Waals surface area contributed by atoms with Gasteiger partial charge in [-0.05, 0) is 30.7 Å². The number of nitrogens with zero attached hydrogens (tertiary/aromatic N) is 4. The summed E-state index contributed by atoms with van der Waals surface area (Å²) in [6.07, 6.45) is -1.36. The third kappa shape index (κ3) is 3.72. The average Bonchev–Trinajstić information content (AvgIpc) is 3.17. The van der Waals surface area contributed by atoms with E-state index in [1.165, 1.54) is 12.3 Å². The van der Waals surface area contributed by atoms with Crippen LogP contribution in [0, 0.1) is 0 Å². The predicted octanol–water partition coefficient (Wildman–Crippen LogP) is 3.86. The molecule has 0 spiro atoms. The molecule has 0 radical (unpaired) electrons. The number of ether oxygens (including phenoxy) is 1. The van der Waals surface area contributed by atoms with Gasteiger partial charge in [-0.15, -0.1) is 0 Å². The lowest BCUT2D eigenvalue weighted by Crippen LogP contribution is -2.56. The highest BCUT2D eigenvalue weighted by molar-refractivity contribution is 5.90. The van der Waals surface area contributed by atoms with Crippen LogP contribution in [0.2, 0.25) is 0 Å². The Morgan fingerprint density at radius 2 is 2.17 bits per heavy atom. The lowest BCUT2D eigenvalue weighted by molar-refractivity contribution is -0.137. The van der Waals surface area contributed by atoms with Crippen molar-refractivity contribution in [3.05, 3.63) is 36.0 Å². The van der Waals surface area contributed by atoms with Gasteiger partial charge in [-0.25, -0.2) is 9.97 Å². The Morgan fingerprint density at radius 1 is 1.33 bits per heavy atom. The quantitative estimate of drug-likeness (QED) is 0.646. The monoisotopic (exact) mass is 424 g/mol. The summed E-state index contributed by atoms with van der Waals surface area (Å²) in [5.41, 5.74) is 4.95. The van der Waals surface area contributed by atoms with Gasteiger partial charge >= 0.3 is 6.18 Å². The Hall–Kier alpha value is -2.72. The average molecular weight is 424 g/mol. The molecule has 1 aliphatic rings. The summed E-state index contributed by atoms with van der Waals surface area (Å²) in [6.45, 7) is 3.81. The van der Waals surface area contributed by atoms with Gasteiger partial charge in [-0.1, -0.05) is 13.3 Å². The topological polar surface area (TPSA) is 93.0 Å². The van der Waals surface area contributed by atoms with Crippen molar-refractivity contribution in [1.29, 1.82) is 0 Å². The molecular weight excluding hydrogens is 397 g/mol. The Morgan fingerprint density at radius 3 is 2.90 bits per heavy atom. The number of hydrogen-bond donors (Lipinski definition) is 2. The zero-order valence-electron chi connectivity index (χ0n) is 16.5. The Labute approximate surface area is 174 Å². The normalized spacial score (nSPS) is 20.1. The number of nitrogens with two attached hydrogens (primary N) is 1. The van der Waals surface area contributed by atoms with Crippen LogP contribution in [0.4, 0.5) is 19.0 Å². The number of nitrogens with one attached hydrogen (secondary N) is 1. The molecule has 0 amide bonds. The molecule has 0 bridgehead atoms. The van der Waals surface area contributed by atoms with Crippen LogP contribution in [-0.4, -0.2) is 52.0 Å². The molecular formula is C20H27F3N6O. The number of aromatic amines is 1. The first-order valence-electron chi connectivity index (χ1n) is 9.83. The highest BCUT2D eigenvalue weighted by Gasteiger charge is 2.38. The summed E-state index contributed by atoms with van der Waals surface area (Å²) in [5, 5.41) is 7.19. The Balaban J connectivity index is 0.00000181. The predicted molar refractivity (Wildman–Crippen MR) is 111 cm³/mol. The second-order valence-corrected chi connectivity index (χ2v) is 7.44. The molecule has 7 nitrogen and oxygen atoms in total. The summed E-state index contributed by atoms with van der Waals surface area (Å²) in [7, 11) is 0. The first-order valence-corrected chi connectivity index (χ1v) is 9.83. The maximum absolute atomic E-state index is 13.8. The number of hydrogen-bond acceptors (Lipinski definition) is 6. The highest BCUT2D eigenvalue weighted by atomic mass is 19.4. The van der Waals surface area contributed by atoms with Crippen molar-refractivity contribution in [2.75, 3.05) is 31.1 Å². The SMILES string of the molecule is CCCC1(CN)CN(c2ccc(C(F)(F)F)c(-c3[nH]nc4ncccc34)n2)CCO1.[HH].[HH]. The summed E-state index contributed by atoms with van der Waals surface area (Å²) in [4.78, 5) is 10.5. The molecule has 0 aliphatic carbocycles. The van der Waals surface area contributed by atoms with E-state index in [-0.39, 0.29) is 14.2 Å². The third-order valence-corrected chi connectivity index (χ3v) is 5.40. The molecule has 30 heavy (non-hydrogen) atoms. The van der Waals surface area contributed by atoms with E-state index in [1.807, 2.05) is 11.8 Å². The van der Waals surface area contributed by atoms with Crippen LogP contribution in [-0.2, 0) is 10.9 Å². The first-order chi connectivity index (χ1) is 14.4. The number of rotatable bonds is 5. The van der Waals surface area contributed by atoms with Crippen molar-refractivity contribution in [2.45, 2.75) is 31.5 Å². The van der Waals surface area contributed by atoms with Crippen LogP contribution in [0.25, 0.3) is 22.4 Å². The summed E-state index contributed by atoms with van der Waals surface area (Å²) < 4.78 is 47.2. The van der Waals surface area contributed by atoms with Gasteiger partial charge in [-0.3, -0.25) is 5.10 Å². The van der Waals surface area contributed by atoms with E-state index < -0.39 is 17.3 Å². The molecule has 0 saturated carbocycles. The van der Waals surface area contributed by atoms with Crippen molar-refractivity contribution in [3.63, 3.8) is 0 Å².